The first kappa shape index (κ1) is 19.6. The molecule has 0 unspecified atom stereocenters. The van der Waals surface area contributed by atoms with Crippen LogP contribution in [-0.4, -0.2) is 30.6 Å². The zero-order chi connectivity index (χ0) is 20.6. The lowest BCUT2D eigenvalue weighted by atomic mass is 10.2. The predicted octanol–water partition coefficient (Wildman–Crippen LogP) is 3.18. The van der Waals surface area contributed by atoms with Crippen molar-refractivity contribution in [3.8, 4) is 10.6 Å². The average molecular weight is 436 g/mol. The molecule has 1 fully saturated rings. The van der Waals surface area contributed by atoms with Crippen molar-refractivity contribution in [3.05, 3.63) is 59.7 Å². The van der Waals surface area contributed by atoms with E-state index in [1.54, 1.807) is 0 Å². The number of carbonyl (C=O) groups excluding carboxylic acids is 1. The number of hydrogen-bond donors (Lipinski definition) is 2. The lowest BCUT2D eigenvalue weighted by Crippen LogP contribution is -2.26. The second-order valence-electron chi connectivity index (χ2n) is 6.41. The standard InChI is InChI=1S/C18H14F2N4O3S2/c19-11-3-1-10(2-4-11)17-22-23-18(28-17)21-16(25)14-9-13(7-8-15(14)20)29(26,27)24-12-5-6-12/h1-4,7-9,12,24H,5-6H2,(H,21,23,25). The van der Waals surface area contributed by atoms with E-state index in [1.807, 2.05) is 0 Å². The van der Waals surface area contributed by atoms with Gasteiger partial charge in [-0.1, -0.05) is 11.3 Å². The van der Waals surface area contributed by atoms with Crippen LogP contribution in [0.15, 0.2) is 47.4 Å². The number of halogens is 2. The van der Waals surface area contributed by atoms with E-state index in [0.29, 0.717) is 10.6 Å². The Balaban J connectivity index is 1.54. The van der Waals surface area contributed by atoms with Crippen LogP contribution in [0.5, 0.6) is 0 Å². The van der Waals surface area contributed by atoms with Crippen molar-refractivity contribution in [3.63, 3.8) is 0 Å². The molecule has 29 heavy (non-hydrogen) atoms. The van der Waals surface area contributed by atoms with E-state index >= 15 is 0 Å². The van der Waals surface area contributed by atoms with Crippen molar-refractivity contribution in [2.24, 2.45) is 0 Å². The van der Waals surface area contributed by atoms with E-state index in [0.717, 1.165) is 42.4 Å². The smallest absolute Gasteiger partial charge is 0.260 e. The molecule has 0 bridgehead atoms. The molecular formula is C18H14F2N4O3S2. The fourth-order valence-corrected chi connectivity index (χ4v) is 4.56. The number of rotatable bonds is 6. The van der Waals surface area contributed by atoms with Gasteiger partial charge < -0.3 is 0 Å². The number of hydrogen-bond acceptors (Lipinski definition) is 6. The van der Waals surface area contributed by atoms with Crippen molar-refractivity contribution in [1.29, 1.82) is 0 Å². The van der Waals surface area contributed by atoms with Crippen LogP contribution in [-0.2, 0) is 10.0 Å². The van der Waals surface area contributed by atoms with Gasteiger partial charge in [-0.25, -0.2) is 21.9 Å². The molecule has 7 nitrogen and oxygen atoms in total. The van der Waals surface area contributed by atoms with Crippen LogP contribution in [0.1, 0.15) is 23.2 Å². The molecule has 0 spiro atoms. The van der Waals surface area contributed by atoms with Gasteiger partial charge in [-0.15, -0.1) is 10.2 Å². The zero-order valence-electron chi connectivity index (χ0n) is 14.7. The second kappa shape index (κ2) is 7.58. The highest BCUT2D eigenvalue weighted by molar-refractivity contribution is 7.89. The Hall–Kier alpha value is -2.76. The SMILES string of the molecule is O=C(Nc1nnc(-c2ccc(F)cc2)s1)c1cc(S(=O)(=O)NC2CC2)ccc1F. The monoisotopic (exact) mass is 436 g/mol. The third kappa shape index (κ3) is 4.47. The van der Waals surface area contributed by atoms with Crippen LogP contribution in [0.4, 0.5) is 13.9 Å². The Kier molecular flexibility index (Phi) is 5.11. The summed E-state index contributed by atoms with van der Waals surface area (Å²) in [6, 6.07) is 8.47. The third-order valence-electron chi connectivity index (χ3n) is 4.13. The molecule has 1 aromatic heterocycles. The summed E-state index contributed by atoms with van der Waals surface area (Å²) in [7, 11) is -3.83. The molecule has 0 saturated heterocycles. The normalized spacial score (nSPS) is 14.0. The summed E-state index contributed by atoms with van der Waals surface area (Å²) in [6.07, 6.45) is 1.50. The summed E-state index contributed by atoms with van der Waals surface area (Å²) < 4.78 is 54.2. The topological polar surface area (TPSA) is 101 Å². The average Bonchev–Trinajstić information content (AvgIpc) is 3.36. The van der Waals surface area contributed by atoms with Crippen LogP contribution in [0.25, 0.3) is 10.6 Å². The fraction of sp³-hybridized carbons (Fsp3) is 0.167. The molecule has 1 amide bonds. The number of aromatic nitrogens is 2. The molecule has 0 atom stereocenters. The highest BCUT2D eigenvalue weighted by Gasteiger charge is 2.29. The Bertz CT molecular complexity index is 1180. The number of sulfonamides is 1. The quantitative estimate of drug-likeness (QED) is 0.618. The molecular weight excluding hydrogens is 422 g/mol. The van der Waals surface area contributed by atoms with Gasteiger partial charge in [-0.05, 0) is 55.3 Å². The molecule has 0 radical (unpaired) electrons. The summed E-state index contributed by atoms with van der Waals surface area (Å²) in [5, 5.41) is 10.7. The number of amides is 1. The fourth-order valence-electron chi connectivity index (χ4n) is 2.48. The van der Waals surface area contributed by atoms with Crippen molar-refractivity contribution < 1.29 is 22.0 Å². The number of anilines is 1. The number of nitrogens with one attached hydrogen (secondary N) is 2. The van der Waals surface area contributed by atoms with Gasteiger partial charge >= 0.3 is 0 Å². The molecule has 4 rings (SSSR count). The molecule has 11 heteroatoms. The van der Waals surface area contributed by atoms with E-state index in [1.165, 1.54) is 24.3 Å². The van der Waals surface area contributed by atoms with Crippen LogP contribution in [0, 0.1) is 11.6 Å². The number of benzene rings is 2. The van der Waals surface area contributed by atoms with Crippen molar-refractivity contribution in [2.75, 3.05) is 5.32 Å². The molecule has 3 aromatic rings. The molecule has 0 aliphatic heterocycles. The summed E-state index contributed by atoms with van der Waals surface area (Å²) in [5.41, 5.74) is 0.178. The Labute approximate surface area is 168 Å². The molecule has 1 saturated carbocycles. The Morgan fingerprint density at radius 1 is 1.07 bits per heavy atom. The van der Waals surface area contributed by atoms with Gasteiger partial charge in [0.15, 0.2) is 0 Å². The highest BCUT2D eigenvalue weighted by atomic mass is 32.2. The van der Waals surface area contributed by atoms with Crippen LogP contribution in [0.3, 0.4) is 0 Å². The molecule has 1 aliphatic rings. The molecule has 1 heterocycles. The van der Waals surface area contributed by atoms with E-state index in [2.05, 4.69) is 20.2 Å². The van der Waals surface area contributed by atoms with Gasteiger partial charge in [-0.2, -0.15) is 0 Å². The summed E-state index contributed by atoms with van der Waals surface area (Å²) in [6.45, 7) is 0. The van der Waals surface area contributed by atoms with E-state index in [-0.39, 0.29) is 16.1 Å². The van der Waals surface area contributed by atoms with Gasteiger partial charge in [0, 0.05) is 11.6 Å². The maximum absolute atomic E-state index is 14.1. The van der Waals surface area contributed by atoms with E-state index < -0.39 is 33.1 Å². The van der Waals surface area contributed by atoms with Gasteiger partial charge in [0.05, 0.1) is 10.5 Å². The van der Waals surface area contributed by atoms with Gasteiger partial charge in [-0.3, -0.25) is 10.1 Å². The van der Waals surface area contributed by atoms with Gasteiger partial charge in [0.2, 0.25) is 15.2 Å². The molecule has 2 aromatic carbocycles. The maximum atomic E-state index is 14.1. The number of nitrogens with zero attached hydrogens (tertiary/aromatic N) is 2. The molecule has 2 N–H and O–H groups in total. The van der Waals surface area contributed by atoms with Crippen LogP contribution >= 0.6 is 11.3 Å². The maximum Gasteiger partial charge on any atom is 0.260 e. The second-order valence-corrected chi connectivity index (χ2v) is 9.10. The first-order chi connectivity index (χ1) is 13.8. The largest absolute Gasteiger partial charge is 0.296 e. The highest BCUT2D eigenvalue weighted by Crippen LogP contribution is 2.27. The molecule has 1 aliphatic carbocycles. The van der Waals surface area contributed by atoms with Crippen LogP contribution < -0.4 is 10.0 Å². The predicted molar refractivity (Wildman–Crippen MR) is 103 cm³/mol. The van der Waals surface area contributed by atoms with Crippen molar-refractivity contribution in [1.82, 2.24) is 14.9 Å². The minimum atomic E-state index is -3.83. The third-order valence-corrected chi connectivity index (χ3v) is 6.53. The van der Waals surface area contributed by atoms with Crippen molar-refractivity contribution >= 4 is 32.4 Å². The zero-order valence-corrected chi connectivity index (χ0v) is 16.4. The van der Waals surface area contributed by atoms with E-state index in [9.17, 15) is 22.0 Å². The first-order valence-corrected chi connectivity index (χ1v) is 10.8. The van der Waals surface area contributed by atoms with Gasteiger partial charge in [0.1, 0.15) is 16.6 Å². The van der Waals surface area contributed by atoms with Crippen molar-refractivity contribution in [2.45, 2.75) is 23.8 Å². The van der Waals surface area contributed by atoms with Crippen LogP contribution in [0.2, 0.25) is 0 Å². The Morgan fingerprint density at radius 2 is 1.79 bits per heavy atom. The summed E-state index contributed by atoms with van der Waals surface area (Å²) >= 11 is 1.02. The minimum Gasteiger partial charge on any atom is -0.296 e. The van der Waals surface area contributed by atoms with Gasteiger partial charge in [0.25, 0.3) is 5.91 Å². The number of carbonyl (C=O) groups is 1. The minimum absolute atomic E-state index is 0.0955. The molecule has 150 valence electrons. The Morgan fingerprint density at radius 3 is 2.48 bits per heavy atom. The lowest BCUT2D eigenvalue weighted by Gasteiger charge is -2.08. The van der Waals surface area contributed by atoms with E-state index in [4.69, 9.17) is 0 Å². The summed E-state index contributed by atoms with van der Waals surface area (Å²) in [4.78, 5) is 12.3. The summed E-state index contributed by atoms with van der Waals surface area (Å²) in [5.74, 6) is -2.11. The first-order valence-electron chi connectivity index (χ1n) is 8.54. The lowest BCUT2D eigenvalue weighted by molar-refractivity contribution is 0.102.